The first-order valence-corrected chi connectivity index (χ1v) is 14.8. The van der Waals surface area contributed by atoms with E-state index in [1.54, 1.807) is 0 Å². The zero-order chi connectivity index (χ0) is 40.0. The van der Waals surface area contributed by atoms with Gasteiger partial charge in [0.05, 0.1) is 22.3 Å². The Kier molecular flexibility index (Phi) is 9.60. The van der Waals surface area contributed by atoms with Gasteiger partial charge in [0.15, 0.2) is 69.2 Å². The van der Waals surface area contributed by atoms with Crippen molar-refractivity contribution in [3.05, 3.63) is 58.7 Å². The van der Waals surface area contributed by atoms with Crippen molar-refractivity contribution < 1.29 is 105 Å². The smallest absolute Gasteiger partial charge is 0.339 e. The Labute approximate surface area is 298 Å². The van der Waals surface area contributed by atoms with Gasteiger partial charge >= 0.3 is 23.9 Å². The molecule has 1 aliphatic rings. The van der Waals surface area contributed by atoms with Gasteiger partial charge in [-0.3, -0.25) is 0 Å². The maximum Gasteiger partial charge on any atom is 0.339 e. The number of carbonyl (C=O) groups is 4. The molecule has 0 radical (unpaired) electrons. The molecule has 0 fully saturated rings. The third kappa shape index (κ3) is 6.71. The van der Waals surface area contributed by atoms with Gasteiger partial charge in [0.1, 0.15) is 19.8 Å². The van der Waals surface area contributed by atoms with E-state index in [1.165, 1.54) is 0 Å². The zero-order valence-electron chi connectivity index (χ0n) is 26.7. The van der Waals surface area contributed by atoms with Crippen LogP contribution in [0.5, 0.6) is 69.0 Å². The largest absolute Gasteiger partial charge is 0.504 e. The number of rotatable bonds is 7. The highest BCUT2D eigenvalue weighted by Gasteiger charge is 2.46. The zero-order valence-corrected chi connectivity index (χ0v) is 26.7. The van der Waals surface area contributed by atoms with Gasteiger partial charge < -0.3 is 85.3 Å². The Hall–Kier alpha value is -7.68. The van der Waals surface area contributed by atoms with Gasteiger partial charge in [-0.25, -0.2) is 19.2 Å². The standard InChI is InChI=1S/C33H26O21/c34-14-1-10(2-15(35)23(14)40)29(46)52-8-33(50,9-53-30(47)11-3-16(36)24(41)17(37)4-11)20-7-51-31(48)12-5-18(38)25(42)27(44)21(12)22-13(32(49)54-20)6-19(39)26(43)28(22)45/h1-6,20,34-45,50H,7-9H2. The molecule has 0 aromatic heterocycles. The number of benzene rings is 4. The molecule has 0 bridgehead atoms. The highest BCUT2D eigenvalue weighted by atomic mass is 16.6. The number of phenolic OH excluding ortho intramolecular Hbond substituents is 12. The lowest BCUT2D eigenvalue weighted by molar-refractivity contribution is -0.150. The van der Waals surface area contributed by atoms with E-state index in [2.05, 4.69) is 0 Å². The van der Waals surface area contributed by atoms with Crippen molar-refractivity contribution in [1.29, 1.82) is 0 Å². The first-order chi connectivity index (χ1) is 25.2. The summed E-state index contributed by atoms with van der Waals surface area (Å²) in [6.07, 6.45) is -2.32. The molecular formula is C33H26O21. The number of carbonyl (C=O) groups excluding carboxylic acids is 4. The number of hydrogen-bond acceptors (Lipinski definition) is 21. The van der Waals surface area contributed by atoms with Crippen molar-refractivity contribution in [2.75, 3.05) is 19.8 Å². The molecule has 1 aliphatic heterocycles. The second kappa shape index (κ2) is 13.8. The number of hydrogen-bond donors (Lipinski definition) is 13. The molecular weight excluding hydrogens is 732 g/mol. The summed E-state index contributed by atoms with van der Waals surface area (Å²) in [4.78, 5) is 53.0. The third-order valence-electron chi connectivity index (χ3n) is 7.93. The van der Waals surface area contributed by atoms with E-state index in [9.17, 15) is 85.6 Å². The number of aliphatic hydroxyl groups is 1. The van der Waals surface area contributed by atoms with Gasteiger partial charge in [-0.15, -0.1) is 0 Å². The van der Waals surface area contributed by atoms with Gasteiger partial charge in [-0.2, -0.15) is 0 Å². The van der Waals surface area contributed by atoms with Crippen LogP contribution in [0.25, 0.3) is 11.1 Å². The SMILES string of the molecule is O=C(OCC(O)(COC(=O)c1cc(O)c(O)c(O)c1)C1COC(=O)c2cc(O)c(O)c(O)c2-c2c(cc(O)c(O)c2O)C(=O)O1)c1cc(O)c(O)c(O)c1. The monoisotopic (exact) mass is 758 g/mol. The van der Waals surface area contributed by atoms with Crippen LogP contribution in [0, 0.1) is 0 Å². The number of aromatic hydroxyl groups is 12. The summed E-state index contributed by atoms with van der Waals surface area (Å²) in [5.41, 5.74) is -8.07. The fourth-order valence-corrected chi connectivity index (χ4v) is 5.06. The van der Waals surface area contributed by atoms with Crippen LogP contribution in [-0.4, -0.2) is 122 Å². The van der Waals surface area contributed by atoms with Gasteiger partial charge in [0.25, 0.3) is 0 Å². The summed E-state index contributed by atoms with van der Waals surface area (Å²) in [7, 11) is 0. The van der Waals surface area contributed by atoms with Crippen LogP contribution in [-0.2, 0) is 18.9 Å². The maximum atomic E-state index is 13.7. The maximum absolute atomic E-state index is 13.7. The Morgan fingerprint density at radius 3 is 1.30 bits per heavy atom. The van der Waals surface area contributed by atoms with E-state index in [-0.39, 0.29) is 0 Å². The van der Waals surface area contributed by atoms with Crippen LogP contribution >= 0.6 is 0 Å². The van der Waals surface area contributed by atoms with Crippen molar-refractivity contribution in [1.82, 2.24) is 0 Å². The van der Waals surface area contributed by atoms with Crippen LogP contribution in [0.4, 0.5) is 0 Å². The van der Waals surface area contributed by atoms with Crippen LogP contribution in [0.2, 0.25) is 0 Å². The molecule has 54 heavy (non-hydrogen) atoms. The quantitative estimate of drug-likeness (QED) is 0.0709. The Morgan fingerprint density at radius 1 is 0.556 bits per heavy atom. The summed E-state index contributed by atoms with van der Waals surface area (Å²) in [5.74, 6) is -19.7. The number of esters is 4. The van der Waals surface area contributed by atoms with E-state index >= 15 is 0 Å². The van der Waals surface area contributed by atoms with Gasteiger partial charge in [0, 0.05) is 11.1 Å². The Morgan fingerprint density at radius 2 is 0.907 bits per heavy atom. The molecule has 0 spiro atoms. The molecule has 4 aromatic rings. The van der Waals surface area contributed by atoms with Crippen LogP contribution in [0.3, 0.4) is 0 Å². The minimum atomic E-state index is -3.02. The van der Waals surface area contributed by atoms with Gasteiger partial charge in [0.2, 0.25) is 11.5 Å². The van der Waals surface area contributed by atoms with Crippen molar-refractivity contribution >= 4 is 23.9 Å². The first kappa shape index (κ1) is 37.6. The van der Waals surface area contributed by atoms with E-state index in [1.807, 2.05) is 0 Å². The molecule has 284 valence electrons. The number of fused-ring (bicyclic) bond motifs is 3. The summed E-state index contributed by atoms with van der Waals surface area (Å²) in [5, 5.41) is 133. The molecule has 21 nitrogen and oxygen atoms in total. The molecule has 1 heterocycles. The number of phenols is 12. The highest BCUT2D eigenvalue weighted by Crippen LogP contribution is 2.53. The topological polar surface area (TPSA) is 368 Å². The Bertz CT molecular complexity index is 2120. The lowest BCUT2D eigenvalue weighted by Gasteiger charge is -2.35. The molecule has 0 saturated heterocycles. The van der Waals surface area contributed by atoms with Crippen LogP contribution in [0.1, 0.15) is 41.4 Å². The summed E-state index contributed by atoms with van der Waals surface area (Å²) < 4.78 is 20.6. The second-order valence-electron chi connectivity index (χ2n) is 11.5. The number of cyclic esters (lactones) is 2. The first-order valence-electron chi connectivity index (χ1n) is 14.8. The summed E-state index contributed by atoms with van der Waals surface area (Å²) in [6, 6.07) is 3.53. The van der Waals surface area contributed by atoms with Crippen molar-refractivity contribution in [3.63, 3.8) is 0 Å². The molecule has 1 unspecified atom stereocenters. The average Bonchev–Trinajstić information content (AvgIpc) is 3.12. The van der Waals surface area contributed by atoms with Crippen molar-refractivity contribution in [3.8, 4) is 80.1 Å². The molecule has 21 heteroatoms. The van der Waals surface area contributed by atoms with Crippen molar-refractivity contribution in [2.45, 2.75) is 11.7 Å². The average molecular weight is 759 g/mol. The second-order valence-corrected chi connectivity index (χ2v) is 11.5. The molecule has 0 amide bonds. The third-order valence-corrected chi connectivity index (χ3v) is 7.93. The van der Waals surface area contributed by atoms with Crippen molar-refractivity contribution in [2.24, 2.45) is 0 Å². The minimum Gasteiger partial charge on any atom is -0.504 e. The Balaban J connectivity index is 1.60. The fraction of sp³-hybridized carbons (Fsp3) is 0.152. The predicted molar refractivity (Wildman–Crippen MR) is 170 cm³/mol. The van der Waals surface area contributed by atoms with E-state index in [4.69, 9.17) is 18.9 Å². The van der Waals surface area contributed by atoms with E-state index in [0.29, 0.717) is 36.4 Å². The predicted octanol–water partition coefficient (Wildman–Crippen LogP) is 0.962. The number of ether oxygens (including phenoxy) is 4. The van der Waals surface area contributed by atoms with Crippen LogP contribution in [0.15, 0.2) is 36.4 Å². The lowest BCUT2D eigenvalue weighted by Crippen LogP contribution is -2.55. The lowest BCUT2D eigenvalue weighted by atomic mass is 9.91. The van der Waals surface area contributed by atoms with Gasteiger partial charge in [-0.1, -0.05) is 0 Å². The van der Waals surface area contributed by atoms with Gasteiger partial charge in [-0.05, 0) is 36.4 Å². The summed E-state index contributed by atoms with van der Waals surface area (Å²) in [6.45, 7) is -4.02. The molecule has 1 atom stereocenters. The minimum absolute atomic E-state index is 0.469. The van der Waals surface area contributed by atoms with Crippen LogP contribution < -0.4 is 0 Å². The molecule has 4 aromatic carbocycles. The van der Waals surface area contributed by atoms with E-state index in [0.717, 1.165) is 0 Å². The molecule has 13 N–H and O–H groups in total. The molecule has 0 aliphatic carbocycles. The fourth-order valence-electron chi connectivity index (χ4n) is 5.06. The van der Waals surface area contributed by atoms with E-state index < -0.39 is 158 Å². The highest BCUT2D eigenvalue weighted by molar-refractivity contribution is 6.08. The normalized spacial score (nSPS) is 14.2. The summed E-state index contributed by atoms with van der Waals surface area (Å²) >= 11 is 0. The molecule has 5 rings (SSSR count). The molecule has 0 saturated carbocycles.